The summed E-state index contributed by atoms with van der Waals surface area (Å²) in [7, 11) is 0. The summed E-state index contributed by atoms with van der Waals surface area (Å²) in [4.78, 5) is 28.2. The first-order chi connectivity index (χ1) is 12.7. The molecule has 2 aliphatic rings. The van der Waals surface area contributed by atoms with Crippen molar-refractivity contribution in [3.8, 4) is 5.75 Å². The maximum absolute atomic E-state index is 12.4. The summed E-state index contributed by atoms with van der Waals surface area (Å²) in [5.41, 5.74) is 0.901. The van der Waals surface area contributed by atoms with Gasteiger partial charge in [0, 0.05) is 43.9 Å². The van der Waals surface area contributed by atoms with Crippen LogP contribution in [0.2, 0.25) is 0 Å². The van der Waals surface area contributed by atoms with Crippen molar-refractivity contribution in [1.82, 2.24) is 15.1 Å². The molecule has 0 atom stereocenters. The van der Waals surface area contributed by atoms with Crippen LogP contribution < -0.4 is 10.1 Å². The maximum atomic E-state index is 12.4. The van der Waals surface area contributed by atoms with E-state index in [1.807, 2.05) is 42.2 Å². The predicted octanol–water partition coefficient (Wildman–Crippen LogP) is 1.52. The van der Waals surface area contributed by atoms with Crippen molar-refractivity contribution in [1.29, 1.82) is 0 Å². The Morgan fingerprint density at radius 1 is 1.19 bits per heavy atom. The molecule has 3 rings (SSSR count). The van der Waals surface area contributed by atoms with Gasteiger partial charge in [0.2, 0.25) is 11.8 Å². The van der Waals surface area contributed by atoms with Gasteiger partial charge < -0.3 is 15.0 Å². The van der Waals surface area contributed by atoms with Crippen LogP contribution in [0.25, 0.3) is 6.08 Å². The normalized spacial score (nSPS) is 18.1. The molecule has 1 aromatic rings. The molecule has 1 aliphatic heterocycles. The number of carbonyl (C=O) groups is 2. The average Bonchev–Trinajstić information content (AvgIpc) is 3.45. The van der Waals surface area contributed by atoms with Crippen molar-refractivity contribution in [2.45, 2.75) is 25.8 Å². The zero-order valence-electron chi connectivity index (χ0n) is 15.3. The molecule has 1 saturated carbocycles. The van der Waals surface area contributed by atoms with E-state index in [1.54, 1.807) is 6.08 Å². The number of rotatable bonds is 7. The standard InChI is InChI=1S/C20H27N3O3/c1-2-26-18-6-4-3-5-16(18)7-10-20(25)23-13-11-22(12-14-23)15-19(24)21-17-8-9-17/h3-7,10,17H,2,8-9,11-15H2,1H3,(H,21,24)/b10-7+. The van der Waals surface area contributed by atoms with Crippen molar-refractivity contribution < 1.29 is 14.3 Å². The molecular formula is C20H27N3O3. The van der Waals surface area contributed by atoms with Crippen LogP contribution in [0.1, 0.15) is 25.3 Å². The monoisotopic (exact) mass is 357 g/mol. The highest BCUT2D eigenvalue weighted by Crippen LogP contribution is 2.20. The summed E-state index contributed by atoms with van der Waals surface area (Å²) in [5.74, 6) is 0.878. The summed E-state index contributed by atoms with van der Waals surface area (Å²) >= 11 is 0. The molecule has 0 aromatic heterocycles. The maximum Gasteiger partial charge on any atom is 0.246 e. The van der Waals surface area contributed by atoms with E-state index >= 15 is 0 Å². The van der Waals surface area contributed by atoms with E-state index in [0.717, 1.165) is 37.2 Å². The number of para-hydroxylation sites is 1. The fraction of sp³-hybridized carbons (Fsp3) is 0.500. The lowest BCUT2D eigenvalue weighted by Crippen LogP contribution is -2.51. The van der Waals surface area contributed by atoms with Crippen molar-refractivity contribution in [3.63, 3.8) is 0 Å². The van der Waals surface area contributed by atoms with Gasteiger partial charge in [-0.1, -0.05) is 18.2 Å². The summed E-state index contributed by atoms with van der Waals surface area (Å²) < 4.78 is 5.58. The van der Waals surface area contributed by atoms with Crippen LogP contribution in [-0.4, -0.2) is 67.0 Å². The summed E-state index contributed by atoms with van der Waals surface area (Å²) in [6, 6.07) is 8.08. The average molecular weight is 357 g/mol. The van der Waals surface area contributed by atoms with Gasteiger partial charge in [-0.3, -0.25) is 14.5 Å². The highest BCUT2D eigenvalue weighted by Gasteiger charge is 2.25. The minimum atomic E-state index is -0.00150. The van der Waals surface area contributed by atoms with Gasteiger partial charge in [0.1, 0.15) is 5.75 Å². The third kappa shape index (κ3) is 5.33. The third-order valence-corrected chi connectivity index (χ3v) is 4.62. The first-order valence-electron chi connectivity index (χ1n) is 9.36. The highest BCUT2D eigenvalue weighted by molar-refractivity contribution is 5.92. The lowest BCUT2D eigenvalue weighted by molar-refractivity contribution is -0.128. The van der Waals surface area contributed by atoms with Crippen LogP contribution in [0.3, 0.4) is 0 Å². The first kappa shape index (κ1) is 18.5. The van der Waals surface area contributed by atoms with Gasteiger partial charge in [0.15, 0.2) is 0 Å². The number of hydrogen-bond donors (Lipinski definition) is 1. The Balaban J connectivity index is 1.46. The second-order valence-electron chi connectivity index (χ2n) is 6.75. The van der Waals surface area contributed by atoms with Crippen molar-refractivity contribution in [3.05, 3.63) is 35.9 Å². The molecular weight excluding hydrogens is 330 g/mol. The quantitative estimate of drug-likeness (QED) is 0.752. The SMILES string of the molecule is CCOc1ccccc1/C=C/C(=O)N1CCN(CC(=O)NC2CC2)CC1. The van der Waals surface area contributed by atoms with Gasteiger partial charge in [0.25, 0.3) is 0 Å². The molecule has 6 heteroatoms. The fourth-order valence-corrected chi connectivity index (χ4v) is 3.00. The molecule has 1 heterocycles. The second kappa shape index (κ2) is 8.85. The Labute approximate surface area is 154 Å². The Kier molecular flexibility index (Phi) is 6.28. The Hall–Kier alpha value is -2.34. The van der Waals surface area contributed by atoms with Crippen molar-refractivity contribution in [2.24, 2.45) is 0 Å². The molecule has 2 fully saturated rings. The van der Waals surface area contributed by atoms with Gasteiger partial charge in [-0.05, 0) is 31.9 Å². The molecule has 1 aromatic carbocycles. The smallest absolute Gasteiger partial charge is 0.246 e. The molecule has 0 spiro atoms. The van der Waals surface area contributed by atoms with Gasteiger partial charge in [-0.25, -0.2) is 0 Å². The van der Waals surface area contributed by atoms with E-state index in [9.17, 15) is 9.59 Å². The molecule has 26 heavy (non-hydrogen) atoms. The summed E-state index contributed by atoms with van der Waals surface area (Å²) in [6.07, 6.45) is 5.62. The van der Waals surface area contributed by atoms with E-state index in [1.165, 1.54) is 0 Å². The van der Waals surface area contributed by atoms with Crippen LogP contribution >= 0.6 is 0 Å². The molecule has 1 saturated heterocycles. The molecule has 0 bridgehead atoms. The van der Waals surface area contributed by atoms with E-state index in [2.05, 4.69) is 10.2 Å². The van der Waals surface area contributed by atoms with Gasteiger partial charge in [-0.15, -0.1) is 0 Å². The van der Waals surface area contributed by atoms with Crippen LogP contribution in [0.15, 0.2) is 30.3 Å². The predicted molar refractivity (Wildman–Crippen MR) is 101 cm³/mol. The summed E-state index contributed by atoms with van der Waals surface area (Å²) in [6.45, 7) is 5.71. The second-order valence-corrected chi connectivity index (χ2v) is 6.75. The topological polar surface area (TPSA) is 61.9 Å². The van der Waals surface area contributed by atoms with Crippen molar-refractivity contribution >= 4 is 17.9 Å². The van der Waals surface area contributed by atoms with Gasteiger partial charge in [0.05, 0.1) is 13.2 Å². The van der Waals surface area contributed by atoms with Crippen LogP contribution in [0, 0.1) is 0 Å². The van der Waals surface area contributed by atoms with E-state index in [4.69, 9.17) is 4.74 Å². The number of nitrogens with one attached hydrogen (secondary N) is 1. The molecule has 140 valence electrons. The molecule has 2 amide bonds. The molecule has 6 nitrogen and oxygen atoms in total. The molecule has 1 aliphatic carbocycles. The Morgan fingerprint density at radius 3 is 2.62 bits per heavy atom. The highest BCUT2D eigenvalue weighted by atomic mass is 16.5. The van der Waals surface area contributed by atoms with Crippen LogP contribution in [-0.2, 0) is 9.59 Å². The Morgan fingerprint density at radius 2 is 1.92 bits per heavy atom. The minimum Gasteiger partial charge on any atom is -0.493 e. The zero-order chi connectivity index (χ0) is 18.4. The number of amides is 2. The fourth-order valence-electron chi connectivity index (χ4n) is 3.00. The van der Waals surface area contributed by atoms with Crippen molar-refractivity contribution in [2.75, 3.05) is 39.3 Å². The number of piperazine rings is 1. The Bertz CT molecular complexity index is 662. The lowest BCUT2D eigenvalue weighted by Gasteiger charge is -2.33. The van der Waals surface area contributed by atoms with Gasteiger partial charge in [-0.2, -0.15) is 0 Å². The number of benzene rings is 1. The lowest BCUT2D eigenvalue weighted by atomic mass is 10.2. The molecule has 0 radical (unpaired) electrons. The number of nitrogens with zero attached hydrogens (tertiary/aromatic N) is 2. The summed E-state index contributed by atoms with van der Waals surface area (Å²) in [5, 5.41) is 3.01. The van der Waals surface area contributed by atoms with E-state index in [-0.39, 0.29) is 11.8 Å². The van der Waals surface area contributed by atoms with Crippen LogP contribution in [0.5, 0.6) is 5.75 Å². The zero-order valence-corrected chi connectivity index (χ0v) is 15.3. The van der Waals surface area contributed by atoms with E-state index in [0.29, 0.717) is 32.3 Å². The van der Waals surface area contributed by atoms with E-state index < -0.39 is 0 Å². The minimum absolute atomic E-state index is 0.00150. The van der Waals surface area contributed by atoms with Gasteiger partial charge >= 0.3 is 0 Å². The number of hydrogen-bond acceptors (Lipinski definition) is 4. The first-order valence-corrected chi connectivity index (χ1v) is 9.36. The van der Waals surface area contributed by atoms with Crippen LogP contribution in [0.4, 0.5) is 0 Å². The largest absolute Gasteiger partial charge is 0.493 e. The molecule has 1 N–H and O–H groups in total. The molecule has 0 unspecified atom stereocenters. The third-order valence-electron chi connectivity index (χ3n) is 4.62. The number of carbonyl (C=O) groups excluding carboxylic acids is 2. The number of ether oxygens (including phenoxy) is 1.